The van der Waals surface area contributed by atoms with Crippen LogP contribution in [0, 0.1) is 0 Å². The number of carbonyl (C=O) groups excluding carboxylic acids is 1. The largest absolute Gasteiger partial charge is 0.444 e. The van der Waals surface area contributed by atoms with Crippen LogP contribution >= 0.6 is 0 Å². The molecule has 0 aromatic carbocycles. The summed E-state index contributed by atoms with van der Waals surface area (Å²) in [6, 6.07) is 0.334. The highest BCUT2D eigenvalue weighted by Gasteiger charge is 2.23. The zero-order chi connectivity index (χ0) is 13.6. The predicted molar refractivity (Wildman–Crippen MR) is 71.0 cm³/mol. The van der Waals surface area contributed by atoms with Crippen LogP contribution in [0.1, 0.15) is 54.4 Å². The van der Waals surface area contributed by atoms with E-state index in [0.29, 0.717) is 6.54 Å². The van der Waals surface area contributed by atoms with Gasteiger partial charge in [0, 0.05) is 18.6 Å². The number of nitrogens with zero attached hydrogens (tertiary/aromatic N) is 1. The SMILES string of the molecule is CC(C)N(CCC[C@H](C)N)C(=O)OC(C)(C)C. The molecule has 0 aromatic heterocycles. The molecule has 0 aromatic rings. The van der Waals surface area contributed by atoms with Crippen molar-refractivity contribution in [2.75, 3.05) is 6.54 Å². The highest BCUT2D eigenvalue weighted by atomic mass is 16.6. The highest BCUT2D eigenvalue weighted by Crippen LogP contribution is 2.12. The Kier molecular flexibility index (Phi) is 6.53. The second kappa shape index (κ2) is 6.84. The summed E-state index contributed by atoms with van der Waals surface area (Å²) in [6.45, 7) is 12.3. The average Bonchev–Trinajstić information content (AvgIpc) is 2.07. The Morgan fingerprint density at radius 2 is 1.82 bits per heavy atom. The van der Waals surface area contributed by atoms with E-state index in [9.17, 15) is 4.79 Å². The van der Waals surface area contributed by atoms with E-state index in [4.69, 9.17) is 10.5 Å². The second-order valence-electron chi connectivity index (χ2n) is 5.89. The maximum Gasteiger partial charge on any atom is 0.410 e. The van der Waals surface area contributed by atoms with E-state index in [0.717, 1.165) is 12.8 Å². The van der Waals surface area contributed by atoms with E-state index in [2.05, 4.69) is 0 Å². The summed E-state index contributed by atoms with van der Waals surface area (Å²) in [7, 11) is 0. The third kappa shape index (κ3) is 8.02. The van der Waals surface area contributed by atoms with E-state index in [1.165, 1.54) is 0 Å². The first-order valence-electron chi connectivity index (χ1n) is 6.38. The quantitative estimate of drug-likeness (QED) is 0.809. The number of hydrogen-bond donors (Lipinski definition) is 1. The predicted octanol–water partition coefficient (Wildman–Crippen LogP) is 2.76. The first-order valence-corrected chi connectivity index (χ1v) is 6.38. The van der Waals surface area contributed by atoms with Crippen molar-refractivity contribution in [1.82, 2.24) is 4.90 Å². The van der Waals surface area contributed by atoms with E-state index in [1.54, 1.807) is 4.90 Å². The molecule has 4 heteroatoms. The molecule has 0 saturated carbocycles. The molecule has 1 atom stereocenters. The van der Waals surface area contributed by atoms with Gasteiger partial charge in [-0.25, -0.2) is 4.79 Å². The Hall–Kier alpha value is -0.770. The van der Waals surface area contributed by atoms with Crippen molar-refractivity contribution in [2.45, 2.75) is 72.1 Å². The number of amides is 1. The van der Waals surface area contributed by atoms with Crippen molar-refractivity contribution < 1.29 is 9.53 Å². The van der Waals surface area contributed by atoms with Gasteiger partial charge in [-0.1, -0.05) is 0 Å². The summed E-state index contributed by atoms with van der Waals surface area (Å²) in [5.74, 6) is 0. The molecule has 0 aliphatic heterocycles. The standard InChI is InChI=1S/C13H28N2O2/c1-10(2)15(9-7-8-11(3)14)12(16)17-13(4,5)6/h10-11H,7-9,14H2,1-6H3/t11-/m0/s1. The van der Waals surface area contributed by atoms with Crippen molar-refractivity contribution in [3.05, 3.63) is 0 Å². The van der Waals surface area contributed by atoms with Crippen LogP contribution in [0.5, 0.6) is 0 Å². The van der Waals surface area contributed by atoms with Crippen molar-refractivity contribution in [2.24, 2.45) is 5.73 Å². The van der Waals surface area contributed by atoms with Gasteiger partial charge >= 0.3 is 6.09 Å². The number of nitrogens with two attached hydrogens (primary N) is 1. The van der Waals surface area contributed by atoms with Gasteiger partial charge < -0.3 is 15.4 Å². The Labute approximate surface area is 105 Å². The van der Waals surface area contributed by atoms with Gasteiger partial charge in [0.2, 0.25) is 0 Å². The topological polar surface area (TPSA) is 55.6 Å². The van der Waals surface area contributed by atoms with Crippen LogP contribution < -0.4 is 5.73 Å². The molecule has 0 fully saturated rings. The minimum Gasteiger partial charge on any atom is -0.444 e. The molecule has 0 spiro atoms. The second-order valence-corrected chi connectivity index (χ2v) is 5.89. The minimum atomic E-state index is -0.439. The lowest BCUT2D eigenvalue weighted by atomic mass is 10.2. The van der Waals surface area contributed by atoms with Crippen LogP contribution in [0.15, 0.2) is 0 Å². The van der Waals surface area contributed by atoms with Gasteiger partial charge in [0.25, 0.3) is 0 Å². The molecule has 0 bridgehead atoms. The zero-order valence-corrected chi connectivity index (χ0v) is 12.1. The van der Waals surface area contributed by atoms with E-state index in [-0.39, 0.29) is 18.2 Å². The average molecular weight is 244 g/mol. The fourth-order valence-electron chi connectivity index (χ4n) is 1.46. The first kappa shape index (κ1) is 16.2. The highest BCUT2D eigenvalue weighted by molar-refractivity contribution is 5.68. The molecule has 0 radical (unpaired) electrons. The van der Waals surface area contributed by atoms with Crippen LogP contribution in [0.4, 0.5) is 4.79 Å². The van der Waals surface area contributed by atoms with Gasteiger partial charge in [-0.05, 0) is 54.4 Å². The van der Waals surface area contributed by atoms with Gasteiger partial charge in [0.05, 0.1) is 0 Å². The molecular formula is C13H28N2O2. The van der Waals surface area contributed by atoms with Gasteiger partial charge in [0.1, 0.15) is 5.60 Å². The molecule has 4 nitrogen and oxygen atoms in total. The van der Waals surface area contributed by atoms with Crippen LogP contribution in [-0.4, -0.2) is 35.2 Å². The molecule has 0 saturated heterocycles. The van der Waals surface area contributed by atoms with Crippen LogP contribution in [-0.2, 0) is 4.74 Å². The smallest absolute Gasteiger partial charge is 0.410 e. The third-order valence-corrected chi connectivity index (χ3v) is 2.31. The van der Waals surface area contributed by atoms with Crippen molar-refractivity contribution >= 4 is 6.09 Å². The van der Waals surface area contributed by atoms with E-state index in [1.807, 2.05) is 41.5 Å². The summed E-state index contributed by atoms with van der Waals surface area (Å²) in [6.07, 6.45) is 1.60. The normalized spacial score (nSPS) is 13.6. The van der Waals surface area contributed by atoms with Gasteiger partial charge in [-0.2, -0.15) is 0 Å². The van der Waals surface area contributed by atoms with Crippen molar-refractivity contribution in [3.63, 3.8) is 0 Å². The van der Waals surface area contributed by atoms with Gasteiger partial charge in [-0.3, -0.25) is 0 Å². The Morgan fingerprint density at radius 3 is 2.18 bits per heavy atom. The zero-order valence-electron chi connectivity index (χ0n) is 12.1. The van der Waals surface area contributed by atoms with Gasteiger partial charge in [0.15, 0.2) is 0 Å². The van der Waals surface area contributed by atoms with Crippen molar-refractivity contribution in [3.8, 4) is 0 Å². The minimum absolute atomic E-state index is 0.151. The molecule has 2 N–H and O–H groups in total. The van der Waals surface area contributed by atoms with Crippen LogP contribution in [0.25, 0.3) is 0 Å². The molecular weight excluding hydrogens is 216 g/mol. The monoisotopic (exact) mass is 244 g/mol. The summed E-state index contributed by atoms with van der Waals surface area (Å²) in [5, 5.41) is 0. The molecule has 0 unspecified atom stereocenters. The van der Waals surface area contributed by atoms with Crippen LogP contribution in [0.3, 0.4) is 0 Å². The fraction of sp³-hybridized carbons (Fsp3) is 0.923. The van der Waals surface area contributed by atoms with Crippen molar-refractivity contribution in [1.29, 1.82) is 0 Å². The maximum absolute atomic E-state index is 11.9. The van der Waals surface area contributed by atoms with E-state index >= 15 is 0 Å². The summed E-state index contributed by atoms with van der Waals surface area (Å²) in [5.41, 5.74) is 5.26. The summed E-state index contributed by atoms with van der Waals surface area (Å²) < 4.78 is 5.37. The third-order valence-electron chi connectivity index (χ3n) is 2.31. The maximum atomic E-state index is 11.9. The molecule has 0 aliphatic rings. The number of ether oxygens (including phenoxy) is 1. The Balaban J connectivity index is 4.28. The van der Waals surface area contributed by atoms with Crippen LogP contribution in [0.2, 0.25) is 0 Å². The number of rotatable bonds is 5. The lowest BCUT2D eigenvalue weighted by molar-refractivity contribution is 0.0187. The Morgan fingerprint density at radius 1 is 1.29 bits per heavy atom. The molecule has 102 valence electrons. The Bertz CT molecular complexity index is 232. The molecule has 17 heavy (non-hydrogen) atoms. The lowest BCUT2D eigenvalue weighted by Crippen LogP contribution is -2.41. The summed E-state index contributed by atoms with van der Waals surface area (Å²) in [4.78, 5) is 13.7. The van der Waals surface area contributed by atoms with E-state index < -0.39 is 5.60 Å². The number of carbonyl (C=O) groups is 1. The number of hydrogen-bond acceptors (Lipinski definition) is 3. The van der Waals surface area contributed by atoms with Gasteiger partial charge in [-0.15, -0.1) is 0 Å². The molecule has 0 heterocycles. The summed E-state index contributed by atoms with van der Waals surface area (Å²) >= 11 is 0. The lowest BCUT2D eigenvalue weighted by Gasteiger charge is -2.30. The fourth-order valence-corrected chi connectivity index (χ4v) is 1.46. The molecule has 0 aliphatic carbocycles. The first-order chi connectivity index (χ1) is 7.63. The molecule has 1 amide bonds. The molecule has 0 rings (SSSR count).